The van der Waals surface area contributed by atoms with Crippen molar-refractivity contribution in [3.63, 3.8) is 0 Å². The fourth-order valence-electron chi connectivity index (χ4n) is 4.75. The molecule has 1 saturated heterocycles. The van der Waals surface area contributed by atoms with Crippen LogP contribution >= 0.6 is 0 Å². The lowest BCUT2D eigenvalue weighted by molar-refractivity contribution is -0.132. The number of para-hydroxylation sites is 1. The van der Waals surface area contributed by atoms with Crippen LogP contribution < -0.4 is 14.4 Å². The molecule has 1 amide bonds. The Morgan fingerprint density at radius 2 is 1.76 bits per heavy atom. The molecule has 0 spiro atoms. The number of benzene rings is 3. The van der Waals surface area contributed by atoms with Crippen molar-refractivity contribution in [1.29, 1.82) is 0 Å². The fourth-order valence-corrected chi connectivity index (χ4v) is 4.75. The van der Waals surface area contributed by atoms with Crippen molar-refractivity contribution in [1.82, 2.24) is 4.98 Å². The van der Waals surface area contributed by atoms with E-state index in [0.29, 0.717) is 34.9 Å². The first kappa shape index (κ1) is 24.2. The van der Waals surface area contributed by atoms with E-state index >= 15 is 0 Å². The normalized spacial score (nSPS) is 17.1. The Morgan fingerprint density at radius 1 is 1.00 bits per heavy atom. The van der Waals surface area contributed by atoms with Gasteiger partial charge in [0.15, 0.2) is 0 Å². The van der Waals surface area contributed by atoms with Crippen molar-refractivity contribution in [2.24, 2.45) is 0 Å². The van der Waals surface area contributed by atoms with Crippen LogP contribution in [0.3, 0.4) is 0 Å². The number of hydrogen-bond acceptors (Lipinski definition) is 5. The topological polar surface area (TPSA) is 91.9 Å². The molecule has 4 aromatic rings. The molecule has 5 rings (SSSR count). The Hall–Kier alpha value is -4.52. The molecule has 37 heavy (non-hydrogen) atoms. The number of amides is 1. The molecule has 7 nitrogen and oxygen atoms in total. The zero-order chi connectivity index (χ0) is 26.1. The van der Waals surface area contributed by atoms with Crippen LogP contribution in [0, 0.1) is 0 Å². The van der Waals surface area contributed by atoms with Gasteiger partial charge in [0.1, 0.15) is 17.3 Å². The number of Topliss-reactive ketones (excluding diaryl/α,β-unsaturated/α-hetero) is 1. The maximum atomic E-state index is 13.5. The molecule has 1 atom stereocenters. The van der Waals surface area contributed by atoms with Gasteiger partial charge < -0.3 is 19.6 Å². The minimum absolute atomic E-state index is 0.0123. The third kappa shape index (κ3) is 4.44. The number of nitrogens with zero attached hydrogens (tertiary/aromatic N) is 1. The highest BCUT2D eigenvalue weighted by molar-refractivity contribution is 6.51. The minimum Gasteiger partial charge on any atom is -0.507 e. The highest BCUT2D eigenvalue weighted by Gasteiger charge is 2.47. The zero-order valence-corrected chi connectivity index (χ0v) is 20.9. The highest BCUT2D eigenvalue weighted by Crippen LogP contribution is 2.44. The van der Waals surface area contributed by atoms with Gasteiger partial charge >= 0.3 is 0 Å². The molecule has 188 valence electrons. The van der Waals surface area contributed by atoms with Gasteiger partial charge in [-0.25, -0.2) is 0 Å². The molecule has 0 aliphatic carbocycles. The van der Waals surface area contributed by atoms with Crippen molar-refractivity contribution in [2.75, 3.05) is 11.5 Å². The van der Waals surface area contributed by atoms with E-state index in [2.05, 4.69) is 4.98 Å². The van der Waals surface area contributed by atoms with Crippen molar-refractivity contribution in [3.8, 4) is 11.5 Å². The van der Waals surface area contributed by atoms with Crippen molar-refractivity contribution in [3.05, 3.63) is 95.7 Å². The van der Waals surface area contributed by atoms with Gasteiger partial charge in [0.25, 0.3) is 11.7 Å². The molecule has 7 heteroatoms. The number of ketones is 1. The van der Waals surface area contributed by atoms with Gasteiger partial charge in [0.2, 0.25) is 0 Å². The summed E-state index contributed by atoms with van der Waals surface area (Å²) in [6.45, 7) is 6.19. The summed E-state index contributed by atoms with van der Waals surface area (Å²) in [5, 5.41) is 12.3. The molecule has 0 radical (unpaired) electrons. The Labute approximate surface area is 214 Å². The summed E-state index contributed by atoms with van der Waals surface area (Å²) in [6.07, 6.45) is 1.59. The van der Waals surface area contributed by atoms with Crippen LogP contribution in [0.25, 0.3) is 16.7 Å². The number of nitrogens with one attached hydrogen (secondary N) is 1. The SMILES string of the molecule is CCOc1cccc(N2C(=O)C(=O)/C(=C(\O)c3c[nH]c4ccccc34)C2c2cccc(OC(C)C)c2)c1. The second-order valence-corrected chi connectivity index (χ2v) is 9.09. The molecular formula is C30H28N2O5. The molecule has 1 fully saturated rings. The second kappa shape index (κ2) is 9.85. The molecule has 2 heterocycles. The summed E-state index contributed by atoms with van der Waals surface area (Å²) in [5.74, 6) is -0.540. The average molecular weight is 497 g/mol. The van der Waals surface area contributed by atoms with Crippen molar-refractivity contribution >= 4 is 34.0 Å². The Morgan fingerprint density at radius 3 is 2.54 bits per heavy atom. The minimum atomic E-state index is -0.874. The third-order valence-corrected chi connectivity index (χ3v) is 6.24. The van der Waals surface area contributed by atoms with Gasteiger partial charge in [0, 0.05) is 34.4 Å². The van der Waals surface area contributed by atoms with Gasteiger partial charge in [-0.3, -0.25) is 14.5 Å². The van der Waals surface area contributed by atoms with E-state index in [4.69, 9.17) is 9.47 Å². The number of aromatic nitrogens is 1. The van der Waals surface area contributed by atoms with Crippen LogP contribution in [-0.4, -0.2) is 34.5 Å². The predicted molar refractivity (Wildman–Crippen MR) is 143 cm³/mol. The van der Waals surface area contributed by atoms with E-state index < -0.39 is 17.7 Å². The maximum absolute atomic E-state index is 13.5. The number of aromatic amines is 1. The van der Waals surface area contributed by atoms with Crippen LogP contribution in [0.4, 0.5) is 5.69 Å². The van der Waals surface area contributed by atoms with Crippen LogP contribution in [0.2, 0.25) is 0 Å². The number of carbonyl (C=O) groups excluding carboxylic acids is 2. The number of fused-ring (bicyclic) bond motifs is 1. The summed E-state index contributed by atoms with van der Waals surface area (Å²) >= 11 is 0. The van der Waals surface area contributed by atoms with Gasteiger partial charge in [-0.15, -0.1) is 0 Å². The standard InChI is InChI=1S/C30H28N2O5/c1-4-36-21-11-8-10-20(16-21)32-27(19-9-7-12-22(15-19)37-18(2)3)26(29(34)30(32)35)28(33)24-17-31-25-14-6-5-13-23(24)25/h5-18,27,31,33H,4H2,1-3H3/b28-26-. The number of rotatable bonds is 7. The molecule has 0 saturated carbocycles. The van der Waals surface area contributed by atoms with E-state index in [9.17, 15) is 14.7 Å². The van der Waals surface area contributed by atoms with Crippen LogP contribution in [0.15, 0.2) is 84.6 Å². The van der Waals surface area contributed by atoms with Gasteiger partial charge in [0.05, 0.1) is 24.3 Å². The third-order valence-electron chi connectivity index (χ3n) is 6.24. The quantitative estimate of drug-likeness (QED) is 0.187. The lowest BCUT2D eigenvalue weighted by Crippen LogP contribution is -2.29. The molecule has 0 bridgehead atoms. The number of carbonyl (C=O) groups is 2. The number of ether oxygens (including phenoxy) is 2. The van der Waals surface area contributed by atoms with Gasteiger partial charge in [-0.2, -0.15) is 0 Å². The van der Waals surface area contributed by atoms with Gasteiger partial charge in [-0.1, -0.05) is 36.4 Å². The molecule has 2 N–H and O–H groups in total. The fraction of sp³-hybridized carbons (Fsp3) is 0.200. The lowest BCUT2D eigenvalue weighted by atomic mass is 9.94. The smallest absolute Gasteiger partial charge is 0.300 e. The summed E-state index contributed by atoms with van der Waals surface area (Å²) in [4.78, 5) is 31.6. The Kier molecular flexibility index (Phi) is 6.44. The summed E-state index contributed by atoms with van der Waals surface area (Å²) in [7, 11) is 0. The van der Waals surface area contributed by atoms with Crippen molar-refractivity contribution in [2.45, 2.75) is 32.9 Å². The number of aliphatic hydroxyl groups excluding tert-OH is 1. The maximum Gasteiger partial charge on any atom is 0.300 e. The zero-order valence-electron chi connectivity index (χ0n) is 20.9. The summed E-state index contributed by atoms with van der Waals surface area (Å²) in [6, 6.07) is 20.9. The summed E-state index contributed by atoms with van der Waals surface area (Å²) in [5.41, 5.74) is 2.41. The first-order valence-corrected chi connectivity index (χ1v) is 12.3. The van der Waals surface area contributed by atoms with Crippen LogP contribution in [0.1, 0.15) is 37.9 Å². The monoisotopic (exact) mass is 496 g/mol. The van der Waals surface area contributed by atoms with E-state index in [1.165, 1.54) is 4.90 Å². The van der Waals surface area contributed by atoms with Crippen LogP contribution in [0.5, 0.6) is 11.5 Å². The summed E-state index contributed by atoms with van der Waals surface area (Å²) < 4.78 is 11.5. The number of anilines is 1. The Bertz CT molecular complexity index is 1520. The molecule has 1 aliphatic rings. The molecule has 1 unspecified atom stereocenters. The second-order valence-electron chi connectivity index (χ2n) is 9.09. The van der Waals surface area contributed by atoms with E-state index in [1.807, 2.05) is 63.2 Å². The highest BCUT2D eigenvalue weighted by atomic mass is 16.5. The Balaban J connectivity index is 1.72. The molecule has 1 aliphatic heterocycles. The van der Waals surface area contributed by atoms with E-state index in [-0.39, 0.29) is 17.4 Å². The number of H-pyrrole nitrogens is 1. The molecular weight excluding hydrogens is 468 g/mol. The first-order valence-electron chi connectivity index (χ1n) is 12.3. The van der Waals surface area contributed by atoms with Crippen molar-refractivity contribution < 1.29 is 24.2 Å². The van der Waals surface area contributed by atoms with E-state index in [1.54, 1.807) is 36.5 Å². The number of hydrogen-bond donors (Lipinski definition) is 2. The first-order chi connectivity index (χ1) is 17.9. The van der Waals surface area contributed by atoms with Crippen LogP contribution in [-0.2, 0) is 9.59 Å². The average Bonchev–Trinajstić information content (AvgIpc) is 3.43. The largest absolute Gasteiger partial charge is 0.507 e. The predicted octanol–water partition coefficient (Wildman–Crippen LogP) is 5.98. The lowest BCUT2D eigenvalue weighted by Gasteiger charge is -2.26. The van der Waals surface area contributed by atoms with Gasteiger partial charge in [-0.05, 0) is 56.7 Å². The molecule has 1 aromatic heterocycles. The molecule has 3 aromatic carbocycles. The number of aliphatic hydroxyl groups is 1. The van der Waals surface area contributed by atoms with E-state index in [0.717, 1.165) is 10.9 Å².